The predicted molar refractivity (Wildman–Crippen MR) is 68.6 cm³/mol. The summed E-state index contributed by atoms with van der Waals surface area (Å²) >= 11 is 0. The lowest BCUT2D eigenvalue weighted by molar-refractivity contribution is -0.956. The number of likely N-dealkylation sites (tertiary alicyclic amines) is 1. The average molecular weight is 314 g/mol. The molecule has 0 radical (unpaired) electrons. The van der Waals surface area contributed by atoms with Crippen molar-refractivity contribution in [3.8, 4) is 0 Å². The molecule has 0 aromatic carbocycles. The monoisotopic (exact) mass is 314 g/mol. The Kier molecular flexibility index (Phi) is 6.01. The number of carbonyl (C=O) groups is 1. The van der Waals surface area contributed by atoms with Gasteiger partial charge in [-0.15, -0.1) is 0 Å². The van der Waals surface area contributed by atoms with Crippen LogP contribution in [0.2, 0.25) is 0 Å². The molecule has 0 aromatic rings. The van der Waals surface area contributed by atoms with Crippen molar-refractivity contribution in [1.82, 2.24) is 0 Å². The highest BCUT2D eigenvalue weighted by Crippen LogP contribution is 2.44. The van der Waals surface area contributed by atoms with Crippen LogP contribution in [-0.4, -0.2) is 59.5 Å². The molecule has 2 N–H and O–H groups in total. The van der Waals surface area contributed by atoms with Crippen LogP contribution in [0.3, 0.4) is 0 Å². The van der Waals surface area contributed by atoms with Crippen LogP contribution in [0.15, 0.2) is 0 Å². The number of amides is 1. The molecule has 1 amide bonds. The highest BCUT2D eigenvalue weighted by molar-refractivity contribution is 5.57. The molecule has 124 valence electrons. The first kappa shape index (κ1) is 18.2. The fraction of sp³-hybridized carbons (Fsp3) is 0.923. The van der Waals surface area contributed by atoms with Crippen molar-refractivity contribution in [2.45, 2.75) is 50.4 Å². The molecule has 0 saturated carbocycles. The van der Waals surface area contributed by atoms with E-state index in [-0.39, 0.29) is 26.1 Å². The van der Waals surface area contributed by atoms with Gasteiger partial charge in [-0.05, 0) is 32.1 Å². The molecule has 1 aliphatic rings. The minimum absolute atomic E-state index is 0.0527. The number of halogens is 3. The molecule has 21 heavy (non-hydrogen) atoms. The third-order valence-corrected chi connectivity index (χ3v) is 4.23. The van der Waals surface area contributed by atoms with Crippen LogP contribution in [0.1, 0.15) is 38.5 Å². The molecule has 0 aromatic heterocycles. The summed E-state index contributed by atoms with van der Waals surface area (Å²) in [5.41, 5.74) is -3.24. The maximum Gasteiger partial charge on any atom is 0.516 e. The molecule has 0 bridgehead atoms. The van der Waals surface area contributed by atoms with Crippen molar-refractivity contribution in [3.63, 3.8) is 0 Å². The van der Waals surface area contributed by atoms with Gasteiger partial charge in [-0.25, -0.2) is 0 Å². The maximum absolute atomic E-state index is 13.4. The van der Waals surface area contributed by atoms with Gasteiger partial charge in [0.25, 0.3) is 0 Å². The Morgan fingerprint density at radius 3 is 2.19 bits per heavy atom. The number of unbranched alkanes of at least 4 members (excludes halogenated alkanes) is 1. The second kappa shape index (κ2) is 6.93. The third-order valence-electron chi connectivity index (χ3n) is 4.23. The Labute approximate surface area is 121 Å². The van der Waals surface area contributed by atoms with Crippen molar-refractivity contribution >= 4 is 6.09 Å². The topological polar surface area (TPSA) is 66.8 Å². The third kappa shape index (κ3) is 3.49. The molecule has 1 rings (SSSR count). The van der Waals surface area contributed by atoms with Crippen LogP contribution < -0.4 is 0 Å². The normalized spacial score (nSPS) is 21.8. The van der Waals surface area contributed by atoms with Gasteiger partial charge >= 0.3 is 18.0 Å². The van der Waals surface area contributed by atoms with E-state index in [1.807, 2.05) is 0 Å². The van der Waals surface area contributed by atoms with E-state index >= 15 is 0 Å². The van der Waals surface area contributed by atoms with E-state index in [0.717, 1.165) is 0 Å². The molecule has 8 heteroatoms. The standard InChI is InChI=1S/C13H22F3NO4/c1-21-10-6-3-7-12(20,13(14,15)16)17(11(18)19)8-4-2-5-9-17/h20H,2-10H2,1H3/p+1. The first-order valence-corrected chi connectivity index (χ1v) is 7.10. The summed E-state index contributed by atoms with van der Waals surface area (Å²) in [5.74, 6) is 0. The summed E-state index contributed by atoms with van der Waals surface area (Å²) in [6, 6.07) is 0. The zero-order valence-corrected chi connectivity index (χ0v) is 12.2. The highest BCUT2D eigenvalue weighted by Gasteiger charge is 2.70. The van der Waals surface area contributed by atoms with Crippen molar-refractivity contribution in [1.29, 1.82) is 0 Å². The molecule has 1 fully saturated rings. The zero-order valence-electron chi connectivity index (χ0n) is 12.2. The molecule has 1 saturated heterocycles. The SMILES string of the molecule is COCCCCC(O)(C(F)(F)F)[N+]1(C(=O)O)CCCCC1. The van der Waals surface area contributed by atoms with E-state index in [9.17, 15) is 28.2 Å². The second-order valence-electron chi connectivity index (χ2n) is 5.52. The fourth-order valence-corrected chi connectivity index (χ4v) is 2.99. The minimum Gasteiger partial charge on any atom is -0.435 e. The Balaban J connectivity index is 3.05. The zero-order chi connectivity index (χ0) is 16.1. The lowest BCUT2D eigenvalue weighted by Gasteiger charge is -2.47. The average Bonchev–Trinajstić information content (AvgIpc) is 2.42. The van der Waals surface area contributed by atoms with Crippen molar-refractivity contribution in [2.24, 2.45) is 0 Å². The molecular weight excluding hydrogens is 291 g/mol. The molecule has 1 unspecified atom stereocenters. The van der Waals surface area contributed by atoms with E-state index < -0.39 is 28.9 Å². The first-order chi connectivity index (χ1) is 9.71. The number of ether oxygens (including phenoxy) is 1. The van der Waals surface area contributed by atoms with Crippen LogP contribution in [0.5, 0.6) is 0 Å². The highest BCUT2D eigenvalue weighted by atomic mass is 19.4. The largest absolute Gasteiger partial charge is 0.516 e. The number of quaternary nitrogens is 1. The van der Waals surface area contributed by atoms with Gasteiger partial charge in [-0.1, -0.05) is 0 Å². The van der Waals surface area contributed by atoms with Gasteiger partial charge in [0.15, 0.2) is 0 Å². The molecule has 0 aliphatic carbocycles. The number of rotatable bonds is 6. The summed E-state index contributed by atoms with van der Waals surface area (Å²) in [6.07, 6.45) is -5.43. The first-order valence-electron chi connectivity index (χ1n) is 7.10. The summed E-state index contributed by atoms with van der Waals surface area (Å²) in [5, 5.41) is 19.7. The van der Waals surface area contributed by atoms with Crippen molar-refractivity contribution in [2.75, 3.05) is 26.8 Å². The van der Waals surface area contributed by atoms with Crippen LogP contribution in [0.4, 0.5) is 18.0 Å². The molecule has 5 nitrogen and oxygen atoms in total. The van der Waals surface area contributed by atoms with Crippen LogP contribution in [0, 0.1) is 0 Å². The molecule has 0 spiro atoms. The van der Waals surface area contributed by atoms with Crippen LogP contribution >= 0.6 is 0 Å². The van der Waals surface area contributed by atoms with E-state index in [1.54, 1.807) is 0 Å². The van der Waals surface area contributed by atoms with Gasteiger partial charge in [-0.3, -0.25) is 0 Å². The van der Waals surface area contributed by atoms with Crippen LogP contribution in [0.25, 0.3) is 0 Å². The van der Waals surface area contributed by atoms with E-state index in [0.29, 0.717) is 25.7 Å². The number of alkyl halides is 3. The second-order valence-corrected chi connectivity index (χ2v) is 5.52. The van der Waals surface area contributed by atoms with Gasteiger partial charge in [0, 0.05) is 20.1 Å². The molecule has 1 heterocycles. The number of hydrogen-bond donors (Lipinski definition) is 2. The predicted octanol–water partition coefficient (Wildman–Crippen LogP) is 2.73. The maximum atomic E-state index is 13.4. The number of hydrogen-bond acceptors (Lipinski definition) is 3. The van der Waals surface area contributed by atoms with Crippen molar-refractivity contribution < 1.29 is 37.4 Å². The molecular formula is C13H23F3NO4+. The Morgan fingerprint density at radius 1 is 1.19 bits per heavy atom. The number of nitrogens with zero attached hydrogens (tertiary/aromatic N) is 1. The molecule has 1 aliphatic heterocycles. The number of carboxylic acid groups (broad SMARTS) is 1. The number of piperidine rings is 1. The van der Waals surface area contributed by atoms with Crippen molar-refractivity contribution in [3.05, 3.63) is 0 Å². The van der Waals surface area contributed by atoms with Gasteiger partial charge in [0.2, 0.25) is 0 Å². The summed E-state index contributed by atoms with van der Waals surface area (Å²) in [7, 11) is 1.44. The summed E-state index contributed by atoms with van der Waals surface area (Å²) in [6.45, 7) is -0.119. The number of aliphatic hydroxyl groups is 1. The Hall–Kier alpha value is -0.860. The molecule has 1 atom stereocenters. The van der Waals surface area contributed by atoms with E-state index in [1.165, 1.54) is 7.11 Å². The van der Waals surface area contributed by atoms with E-state index in [2.05, 4.69) is 0 Å². The van der Waals surface area contributed by atoms with Gasteiger partial charge in [0.1, 0.15) is 0 Å². The number of methoxy groups -OCH3 is 1. The van der Waals surface area contributed by atoms with Gasteiger partial charge < -0.3 is 14.9 Å². The smallest absolute Gasteiger partial charge is 0.435 e. The fourth-order valence-electron chi connectivity index (χ4n) is 2.99. The van der Waals surface area contributed by atoms with Gasteiger partial charge in [0.05, 0.1) is 13.1 Å². The van der Waals surface area contributed by atoms with Crippen LogP contribution in [-0.2, 0) is 4.74 Å². The quantitative estimate of drug-likeness (QED) is 0.584. The summed E-state index contributed by atoms with van der Waals surface area (Å²) < 4.78 is 43.8. The summed E-state index contributed by atoms with van der Waals surface area (Å²) in [4.78, 5) is 11.5. The lowest BCUT2D eigenvalue weighted by atomic mass is 9.95. The Bertz CT molecular complexity index is 356. The van der Waals surface area contributed by atoms with E-state index in [4.69, 9.17) is 4.74 Å². The minimum atomic E-state index is -4.99. The Morgan fingerprint density at radius 2 is 1.76 bits per heavy atom. The lowest BCUT2D eigenvalue weighted by Crippen LogP contribution is -2.74. The van der Waals surface area contributed by atoms with Gasteiger partial charge in [-0.2, -0.15) is 22.4 Å².